The van der Waals surface area contributed by atoms with Crippen LogP contribution in [0.4, 0.5) is 0 Å². The van der Waals surface area contributed by atoms with Crippen LogP contribution in [0.15, 0.2) is 10.3 Å². The molecular formula is C4H7N2O2-. The van der Waals surface area contributed by atoms with Crippen LogP contribution in [-0.2, 0) is 0 Å². The molecule has 1 N–H and O–H groups in total. The van der Waals surface area contributed by atoms with Crippen LogP contribution in [0.5, 0.6) is 0 Å². The first-order valence-corrected chi connectivity index (χ1v) is 2.08. The highest BCUT2D eigenvalue weighted by molar-refractivity contribution is 6.40. The molecule has 0 aliphatic heterocycles. The normalized spacial score (nSPS) is 14.2. The van der Waals surface area contributed by atoms with Crippen LogP contribution in [0.3, 0.4) is 0 Å². The molecule has 0 aromatic heterocycles. The largest absolute Gasteiger partial charge is 0.792 e. The summed E-state index contributed by atoms with van der Waals surface area (Å²) in [6.45, 7) is 2.97. The minimum atomic E-state index is 0.201. The lowest BCUT2D eigenvalue weighted by Gasteiger charge is -1.97. The van der Waals surface area contributed by atoms with Crippen LogP contribution in [0.1, 0.15) is 13.8 Å². The van der Waals surface area contributed by atoms with Crippen molar-refractivity contribution in [3.05, 3.63) is 5.21 Å². The van der Waals surface area contributed by atoms with E-state index in [1.54, 1.807) is 0 Å². The summed E-state index contributed by atoms with van der Waals surface area (Å²) in [6.07, 6.45) is 0. The summed E-state index contributed by atoms with van der Waals surface area (Å²) in [4.78, 5) is 0. The molecule has 0 aromatic carbocycles. The molecule has 0 bridgehead atoms. The van der Waals surface area contributed by atoms with E-state index in [4.69, 9.17) is 5.21 Å². The van der Waals surface area contributed by atoms with Crippen molar-refractivity contribution in [2.45, 2.75) is 13.8 Å². The predicted molar refractivity (Wildman–Crippen MR) is 31.4 cm³/mol. The number of hydrogen-bond acceptors (Lipinski definition) is 4. The zero-order valence-electron chi connectivity index (χ0n) is 4.75. The Hall–Kier alpha value is -1.06. The van der Waals surface area contributed by atoms with Crippen molar-refractivity contribution in [3.63, 3.8) is 0 Å². The van der Waals surface area contributed by atoms with E-state index in [-0.39, 0.29) is 11.4 Å². The Morgan fingerprint density at radius 2 is 1.88 bits per heavy atom. The number of hydrogen-bond donors (Lipinski definition) is 1. The molecule has 0 rings (SSSR count). The summed E-state index contributed by atoms with van der Waals surface area (Å²) in [5, 5.41) is 22.9. The van der Waals surface area contributed by atoms with Gasteiger partial charge in [-0.05, 0) is 13.8 Å². The molecule has 0 atom stereocenters. The smallest absolute Gasteiger partial charge is 0.0967 e. The number of nitrogens with zero attached hydrogens (tertiary/aromatic N) is 2. The summed E-state index contributed by atoms with van der Waals surface area (Å²) >= 11 is 0. The fourth-order valence-corrected chi connectivity index (χ4v) is 0.138. The number of rotatable bonds is 1. The quantitative estimate of drug-likeness (QED) is 0.312. The molecule has 46 valence electrons. The molecule has 4 nitrogen and oxygen atoms in total. The van der Waals surface area contributed by atoms with E-state index in [0.717, 1.165) is 0 Å². The van der Waals surface area contributed by atoms with Gasteiger partial charge in [-0.25, -0.2) is 0 Å². The Morgan fingerprint density at radius 1 is 1.38 bits per heavy atom. The first-order chi connectivity index (χ1) is 3.72. The zero-order valence-corrected chi connectivity index (χ0v) is 4.75. The second-order valence-electron chi connectivity index (χ2n) is 1.36. The maximum atomic E-state index is 9.63. The molecule has 0 aliphatic rings. The van der Waals surface area contributed by atoms with Gasteiger partial charge in [0.05, 0.1) is 11.4 Å². The van der Waals surface area contributed by atoms with E-state index < -0.39 is 0 Å². The Morgan fingerprint density at radius 3 is 2.00 bits per heavy atom. The van der Waals surface area contributed by atoms with Gasteiger partial charge in [-0.1, -0.05) is 5.16 Å². The monoisotopic (exact) mass is 115 g/mol. The molecule has 0 aromatic rings. The van der Waals surface area contributed by atoms with Crippen molar-refractivity contribution in [1.82, 2.24) is 0 Å². The van der Waals surface area contributed by atoms with E-state index >= 15 is 0 Å². The third-order valence-electron chi connectivity index (χ3n) is 0.811. The van der Waals surface area contributed by atoms with Crippen molar-refractivity contribution in [2.75, 3.05) is 0 Å². The van der Waals surface area contributed by atoms with Crippen LogP contribution in [0, 0.1) is 5.21 Å². The van der Waals surface area contributed by atoms with Crippen molar-refractivity contribution in [3.8, 4) is 0 Å². The molecule has 0 heterocycles. The van der Waals surface area contributed by atoms with Crippen LogP contribution < -0.4 is 0 Å². The van der Waals surface area contributed by atoms with Gasteiger partial charge in [-0.15, -0.1) is 0 Å². The van der Waals surface area contributed by atoms with Crippen LogP contribution in [0.2, 0.25) is 0 Å². The topological polar surface area (TPSA) is 68.0 Å². The van der Waals surface area contributed by atoms with E-state index in [0.29, 0.717) is 0 Å². The molecule has 0 saturated carbocycles. The Balaban J connectivity index is 4.04. The van der Waals surface area contributed by atoms with Crippen molar-refractivity contribution in [1.29, 1.82) is 0 Å². The Bertz CT molecular complexity index is 112. The molecular weight excluding hydrogens is 108 g/mol. The molecule has 0 saturated heterocycles. The fraction of sp³-hybridized carbons (Fsp3) is 0.500. The van der Waals surface area contributed by atoms with Crippen molar-refractivity contribution < 1.29 is 5.21 Å². The first-order valence-electron chi connectivity index (χ1n) is 2.08. The maximum Gasteiger partial charge on any atom is 0.0967 e. The molecule has 0 radical (unpaired) electrons. The summed E-state index contributed by atoms with van der Waals surface area (Å²) in [5.41, 5.74) is 0.451. The van der Waals surface area contributed by atoms with Crippen LogP contribution in [0.25, 0.3) is 0 Å². The Kier molecular flexibility index (Phi) is 2.61. The summed E-state index contributed by atoms with van der Waals surface area (Å²) in [7, 11) is 0. The second-order valence-corrected chi connectivity index (χ2v) is 1.36. The summed E-state index contributed by atoms with van der Waals surface area (Å²) in [6, 6.07) is 0. The molecule has 0 fully saturated rings. The average molecular weight is 115 g/mol. The lowest BCUT2D eigenvalue weighted by atomic mass is 10.3. The van der Waals surface area contributed by atoms with Gasteiger partial charge in [0.2, 0.25) is 0 Å². The molecule has 8 heavy (non-hydrogen) atoms. The molecule has 4 heteroatoms. The van der Waals surface area contributed by atoms with Gasteiger partial charge in [0.1, 0.15) is 0 Å². The van der Waals surface area contributed by atoms with Crippen LogP contribution >= 0.6 is 0 Å². The van der Waals surface area contributed by atoms with Gasteiger partial charge in [0.15, 0.2) is 0 Å². The van der Waals surface area contributed by atoms with Crippen LogP contribution in [-0.4, -0.2) is 16.6 Å². The van der Waals surface area contributed by atoms with Gasteiger partial charge in [0.25, 0.3) is 0 Å². The third-order valence-corrected chi connectivity index (χ3v) is 0.811. The van der Waals surface area contributed by atoms with Gasteiger partial charge in [-0.3, -0.25) is 0 Å². The van der Waals surface area contributed by atoms with Crippen molar-refractivity contribution >= 4 is 11.4 Å². The van der Waals surface area contributed by atoms with E-state index in [1.165, 1.54) is 13.8 Å². The lowest BCUT2D eigenvalue weighted by Crippen LogP contribution is -2.03. The van der Waals surface area contributed by atoms with Gasteiger partial charge >= 0.3 is 0 Å². The fourth-order valence-electron chi connectivity index (χ4n) is 0.138. The lowest BCUT2D eigenvalue weighted by molar-refractivity contribution is 0.320. The van der Waals surface area contributed by atoms with Gasteiger partial charge in [0, 0.05) is 0 Å². The third kappa shape index (κ3) is 1.59. The predicted octanol–water partition coefficient (Wildman–Crippen LogP) is 0.795. The standard InChI is InChI=1S/C4H8N2O2/c1-3(5-7)4(2)6-8/h7-8H,1-2H3/p-1/b5-3-,6-4-. The van der Waals surface area contributed by atoms with E-state index in [9.17, 15) is 5.21 Å². The van der Waals surface area contributed by atoms with E-state index in [1.807, 2.05) is 0 Å². The molecule has 0 amide bonds. The maximum absolute atomic E-state index is 9.63. The minimum Gasteiger partial charge on any atom is -0.792 e. The highest BCUT2D eigenvalue weighted by Crippen LogP contribution is 1.80. The SMILES string of the molecule is CC(=N/[O-])/C(C)=N\O. The second kappa shape index (κ2) is 3.01. The summed E-state index contributed by atoms with van der Waals surface area (Å²) in [5.74, 6) is 0. The Labute approximate surface area is 47.1 Å². The van der Waals surface area contributed by atoms with Gasteiger partial charge in [-0.2, -0.15) is 0 Å². The van der Waals surface area contributed by atoms with E-state index in [2.05, 4.69) is 10.3 Å². The highest BCUT2D eigenvalue weighted by Gasteiger charge is 1.90. The zero-order chi connectivity index (χ0) is 6.57. The minimum absolute atomic E-state index is 0.201. The highest BCUT2D eigenvalue weighted by atomic mass is 16.4. The number of oxime groups is 1. The molecule has 0 spiro atoms. The summed E-state index contributed by atoms with van der Waals surface area (Å²) < 4.78 is 0. The van der Waals surface area contributed by atoms with Crippen molar-refractivity contribution in [2.24, 2.45) is 10.3 Å². The molecule has 0 aliphatic carbocycles. The first kappa shape index (κ1) is 6.94. The van der Waals surface area contributed by atoms with Gasteiger partial charge < -0.3 is 15.6 Å². The average Bonchev–Trinajstić information content (AvgIpc) is 1.84. The molecule has 0 unspecified atom stereocenters.